The van der Waals surface area contributed by atoms with Crippen LogP contribution >= 0.6 is 0 Å². The Labute approximate surface area is 111 Å². The molecular formula is C13H17N3O3. The van der Waals surface area contributed by atoms with Crippen LogP contribution in [0.3, 0.4) is 0 Å². The minimum absolute atomic E-state index is 0.402. The molecule has 102 valence electrons. The van der Waals surface area contributed by atoms with Crippen molar-refractivity contribution in [1.29, 1.82) is 0 Å². The molecule has 0 aliphatic carbocycles. The van der Waals surface area contributed by atoms with Crippen LogP contribution in [0.1, 0.15) is 28.0 Å². The summed E-state index contributed by atoms with van der Waals surface area (Å²) >= 11 is 0. The Bertz CT molecular complexity index is 486. The number of nitrogens with zero attached hydrogens (tertiary/aromatic N) is 2. The summed E-state index contributed by atoms with van der Waals surface area (Å²) < 4.78 is 5.42. The number of carbonyl (C=O) groups is 1. The minimum atomic E-state index is -0.512. The molecule has 6 heteroatoms. The lowest BCUT2D eigenvalue weighted by Crippen LogP contribution is -2.40. The molecule has 1 aromatic rings. The topological polar surface area (TPSA) is 74.7 Å². The van der Waals surface area contributed by atoms with E-state index in [2.05, 4.69) is 9.88 Å². The second-order valence-electron chi connectivity index (χ2n) is 5.01. The van der Waals surface area contributed by atoms with Crippen molar-refractivity contribution in [2.75, 3.05) is 19.8 Å². The van der Waals surface area contributed by atoms with Gasteiger partial charge in [0.2, 0.25) is 0 Å². The number of aromatic nitrogens is 1. The van der Waals surface area contributed by atoms with Crippen molar-refractivity contribution in [2.45, 2.75) is 25.4 Å². The Morgan fingerprint density at radius 2 is 2.47 bits per heavy atom. The summed E-state index contributed by atoms with van der Waals surface area (Å²) in [6.45, 7) is 3.43. The third-order valence-corrected chi connectivity index (χ3v) is 3.87. The van der Waals surface area contributed by atoms with Gasteiger partial charge in [-0.05, 0) is 24.5 Å². The molecular weight excluding hydrogens is 246 g/mol. The van der Waals surface area contributed by atoms with Crippen LogP contribution in [-0.4, -0.2) is 46.8 Å². The number of fused-ring (bicyclic) bond motifs is 1. The van der Waals surface area contributed by atoms with E-state index < -0.39 is 5.91 Å². The molecule has 3 heterocycles. The summed E-state index contributed by atoms with van der Waals surface area (Å²) in [7, 11) is 0. The maximum Gasteiger partial charge on any atom is 0.276 e. The molecule has 2 N–H and O–H groups in total. The first-order valence-corrected chi connectivity index (χ1v) is 6.52. The molecule has 0 unspecified atom stereocenters. The van der Waals surface area contributed by atoms with Crippen LogP contribution in [0, 0.1) is 0 Å². The SMILES string of the molecule is O=C(NO)c1cnc2c(c1)CCN([C@@H]1CCOC1)C2. The van der Waals surface area contributed by atoms with E-state index >= 15 is 0 Å². The van der Waals surface area contributed by atoms with Crippen LogP contribution in [-0.2, 0) is 17.7 Å². The van der Waals surface area contributed by atoms with Crippen LogP contribution in [0.5, 0.6) is 0 Å². The number of hydroxylamine groups is 1. The Morgan fingerprint density at radius 1 is 1.58 bits per heavy atom. The van der Waals surface area contributed by atoms with Crippen molar-refractivity contribution in [3.05, 3.63) is 29.1 Å². The zero-order valence-corrected chi connectivity index (χ0v) is 10.6. The molecule has 3 rings (SSSR count). The van der Waals surface area contributed by atoms with Gasteiger partial charge in [-0.3, -0.25) is 19.9 Å². The highest BCUT2D eigenvalue weighted by molar-refractivity contribution is 5.93. The van der Waals surface area contributed by atoms with E-state index in [-0.39, 0.29) is 0 Å². The van der Waals surface area contributed by atoms with Crippen molar-refractivity contribution in [3.8, 4) is 0 Å². The Hall–Kier alpha value is -1.50. The predicted octanol–water partition coefficient (Wildman–Crippen LogP) is 0.348. The normalized spacial score (nSPS) is 23.1. The van der Waals surface area contributed by atoms with Crippen LogP contribution in [0.4, 0.5) is 0 Å². The third-order valence-electron chi connectivity index (χ3n) is 3.87. The first kappa shape index (κ1) is 12.5. The quantitative estimate of drug-likeness (QED) is 0.595. The van der Waals surface area contributed by atoms with Crippen molar-refractivity contribution >= 4 is 5.91 Å². The summed E-state index contributed by atoms with van der Waals surface area (Å²) in [5.74, 6) is -0.512. The van der Waals surface area contributed by atoms with Gasteiger partial charge in [0, 0.05) is 31.9 Å². The molecule has 1 amide bonds. The van der Waals surface area contributed by atoms with Crippen LogP contribution in [0.15, 0.2) is 12.3 Å². The van der Waals surface area contributed by atoms with Gasteiger partial charge in [0.1, 0.15) is 0 Å². The molecule has 0 saturated carbocycles. The molecule has 0 bridgehead atoms. The number of nitrogens with one attached hydrogen (secondary N) is 1. The predicted molar refractivity (Wildman–Crippen MR) is 66.8 cm³/mol. The molecule has 1 atom stereocenters. The molecule has 1 saturated heterocycles. The lowest BCUT2D eigenvalue weighted by Gasteiger charge is -2.32. The second-order valence-corrected chi connectivity index (χ2v) is 5.01. The monoisotopic (exact) mass is 263 g/mol. The van der Waals surface area contributed by atoms with Crippen molar-refractivity contribution in [2.24, 2.45) is 0 Å². The number of amides is 1. The standard InChI is InChI=1S/C13H17N3O3/c17-13(15-18)10-5-9-1-3-16(7-12(9)14-6-10)11-2-4-19-8-11/h5-6,11,18H,1-4,7-8H2,(H,15,17)/t11-/m1/s1. The molecule has 0 aromatic carbocycles. The highest BCUT2D eigenvalue weighted by atomic mass is 16.5. The first-order valence-electron chi connectivity index (χ1n) is 6.52. The maximum absolute atomic E-state index is 11.3. The molecule has 1 aromatic heterocycles. The van der Waals surface area contributed by atoms with Gasteiger partial charge < -0.3 is 4.74 Å². The molecule has 19 heavy (non-hydrogen) atoms. The van der Waals surface area contributed by atoms with E-state index in [4.69, 9.17) is 9.94 Å². The Balaban J connectivity index is 1.76. The summed E-state index contributed by atoms with van der Waals surface area (Å²) in [5.41, 5.74) is 4.15. The average Bonchev–Trinajstić information content (AvgIpc) is 2.99. The van der Waals surface area contributed by atoms with E-state index in [9.17, 15) is 4.79 Å². The number of pyridine rings is 1. The summed E-state index contributed by atoms with van der Waals surface area (Å²) in [6, 6.07) is 2.31. The van der Waals surface area contributed by atoms with E-state index in [1.54, 1.807) is 5.48 Å². The lowest BCUT2D eigenvalue weighted by atomic mass is 10.0. The van der Waals surface area contributed by atoms with Gasteiger partial charge in [0.05, 0.1) is 17.9 Å². The largest absolute Gasteiger partial charge is 0.380 e. The fourth-order valence-corrected chi connectivity index (χ4v) is 2.74. The molecule has 2 aliphatic heterocycles. The smallest absolute Gasteiger partial charge is 0.276 e. The Morgan fingerprint density at radius 3 is 3.21 bits per heavy atom. The second kappa shape index (κ2) is 5.24. The fraction of sp³-hybridized carbons (Fsp3) is 0.538. The van der Waals surface area contributed by atoms with E-state index in [1.165, 1.54) is 6.20 Å². The number of hydrogen-bond donors (Lipinski definition) is 2. The molecule has 1 fully saturated rings. The summed E-state index contributed by atoms with van der Waals surface area (Å²) in [6.07, 6.45) is 3.48. The lowest BCUT2D eigenvalue weighted by molar-refractivity contribution is 0.0705. The molecule has 0 radical (unpaired) electrons. The number of hydrogen-bond acceptors (Lipinski definition) is 5. The van der Waals surface area contributed by atoms with Crippen molar-refractivity contribution < 1.29 is 14.7 Å². The van der Waals surface area contributed by atoms with E-state index in [1.807, 2.05) is 6.07 Å². The maximum atomic E-state index is 11.3. The van der Waals surface area contributed by atoms with Crippen LogP contribution in [0.25, 0.3) is 0 Å². The van der Waals surface area contributed by atoms with Crippen LogP contribution < -0.4 is 5.48 Å². The molecule has 6 nitrogen and oxygen atoms in total. The van der Waals surface area contributed by atoms with Gasteiger partial charge in [0.25, 0.3) is 5.91 Å². The van der Waals surface area contributed by atoms with Crippen molar-refractivity contribution in [3.63, 3.8) is 0 Å². The number of ether oxygens (including phenoxy) is 1. The highest BCUT2D eigenvalue weighted by Gasteiger charge is 2.27. The van der Waals surface area contributed by atoms with E-state index in [0.29, 0.717) is 11.6 Å². The number of carbonyl (C=O) groups excluding carboxylic acids is 1. The van der Waals surface area contributed by atoms with Crippen LogP contribution in [0.2, 0.25) is 0 Å². The summed E-state index contributed by atoms with van der Waals surface area (Å²) in [4.78, 5) is 18.1. The van der Waals surface area contributed by atoms with Crippen molar-refractivity contribution in [1.82, 2.24) is 15.4 Å². The first-order chi connectivity index (χ1) is 9.28. The van der Waals surface area contributed by atoms with Gasteiger partial charge in [0.15, 0.2) is 0 Å². The Kier molecular flexibility index (Phi) is 3.46. The zero-order chi connectivity index (χ0) is 13.2. The van der Waals surface area contributed by atoms with Gasteiger partial charge in [-0.1, -0.05) is 0 Å². The van der Waals surface area contributed by atoms with Gasteiger partial charge in [-0.2, -0.15) is 0 Å². The molecule has 0 spiro atoms. The highest BCUT2D eigenvalue weighted by Crippen LogP contribution is 2.22. The summed E-state index contributed by atoms with van der Waals surface area (Å²) in [5, 5.41) is 8.63. The molecule has 2 aliphatic rings. The average molecular weight is 263 g/mol. The van der Waals surface area contributed by atoms with E-state index in [0.717, 1.165) is 50.4 Å². The zero-order valence-electron chi connectivity index (χ0n) is 10.6. The minimum Gasteiger partial charge on any atom is -0.380 e. The third kappa shape index (κ3) is 2.47. The van der Waals surface area contributed by atoms with Gasteiger partial charge >= 0.3 is 0 Å². The van der Waals surface area contributed by atoms with Gasteiger partial charge in [-0.25, -0.2) is 5.48 Å². The fourth-order valence-electron chi connectivity index (χ4n) is 2.74. The van der Waals surface area contributed by atoms with Gasteiger partial charge in [-0.15, -0.1) is 0 Å². The number of rotatable bonds is 2.